The molecule has 1 aliphatic carbocycles. The lowest BCUT2D eigenvalue weighted by molar-refractivity contribution is 0.200. The van der Waals surface area contributed by atoms with Crippen molar-refractivity contribution in [3.8, 4) is 0 Å². The lowest BCUT2D eigenvalue weighted by Gasteiger charge is -2.20. The van der Waals surface area contributed by atoms with Crippen molar-refractivity contribution in [1.82, 2.24) is 4.90 Å². The second-order valence-corrected chi connectivity index (χ2v) is 5.88. The van der Waals surface area contributed by atoms with Crippen molar-refractivity contribution in [2.45, 2.75) is 46.5 Å². The van der Waals surface area contributed by atoms with Crippen molar-refractivity contribution in [2.24, 2.45) is 0 Å². The molecule has 1 aliphatic rings. The molecule has 0 heterocycles. The Kier molecular flexibility index (Phi) is 6.31. The third kappa shape index (κ3) is 4.60. The van der Waals surface area contributed by atoms with Gasteiger partial charge in [0, 0.05) is 12.1 Å². The molecule has 0 atom stereocenters. The van der Waals surface area contributed by atoms with Gasteiger partial charge in [0.15, 0.2) is 0 Å². The molecule has 0 amide bonds. The molecule has 1 aromatic carbocycles. The minimum absolute atomic E-state index is 0.786. The summed E-state index contributed by atoms with van der Waals surface area (Å²) in [5.74, 6) is 1.15. The van der Waals surface area contributed by atoms with E-state index in [-0.39, 0.29) is 0 Å². The number of benzene rings is 1. The van der Waals surface area contributed by atoms with Crippen LogP contribution in [0.3, 0.4) is 0 Å². The van der Waals surface area contributed by atoms with E-state index in [0.29, 0.717) is 0 Å². The molecule has 2 heteroatoms. The largest absolute Gasteiger partial charge is 0.492 e. The van der Waals surface area contributed by atoms with Crippen LogP contribution >= 0.6 is 0 Å². The van der Waals surface area contributed by atoms with Crippen LogP contribution < -0.4 is 0 Å². The molecule has 0 radical (unpaired) electrons. The molecule has 2 rings (SSSR count). The van der Waals surface area contributed by atoms with Crippen LogP contribution in [-0.2, 0) is 4.74 Å². The third-order valence-corrected chi connectivity index (χ3v) is 4.39. The van der Waals surface area contributed by atoms with Crippen molar-refractivity contribution in [3.05, 3.63) is 41.0 Å². The first-order valence-electron chi connectivity index (χ1n) is 8.38. The van der Waals surface area contributed by atoms with Crippen molar-refractivity contribution in [2.75, 3.05) is 26.2 Å². The molecule has 21 heavy (non-hydrogen) atoms. The fraction of sp³-hybridized carbons (Fsp3) is 0.579. The number of aryl methyl sites for hydroxylation is 1. The Balaban J connectivity index is 2.07. The van der Waals surface area contributed by atoms with Crippen LogP contribution in [-0.4, -0.2) is 31.1 Å². The van der Waals surface area contributed by atoms with E-state index in [0.717, 1.165) is 32.0 Å². The summed E-state index contributed by atoms with van der Waals surface area (Å²) in [5.41, 5.74) is 4.06. The molecule has 0 spiro atoms. The normalized spacial score (nSPS) is 14.8. The van der Waals surface area contributed by atoms with Crippen LogP contribution in [0.2, 0.25) is 0 Å². The number of likely N-dealkylation sites (N-methyl/N-ethyl adjacent to an activating group) is 1. The molecule has 0 bridgehead atoms. The number of ether oxygens (including phenoxy) is 1. The van der Waals surface area contributed by atoms with Gasteiger partial charge in [-0.1, -0.05) is 43.7 Å². The highest BCUT2D eigenvalue weighted by Crippen LogP contribution is 2.32. The van der Waals surface area contributed by atoms with Crippen LogP contribution in [0, 0.1) is 6.92 Å². The van der Waals surface area contributed by atoms with Gasteiger partial charge in [-0.15, -0.1) is 0 Å². The van der Waals surface area contributed by atoms with Gasteiger partial charge in [-0.3, -0.25) is 0 Å². The summed E-state index contributed by atoms with van der Waals surface area (Å²) in [4.78, 5) is 2.41. The zero-order chi connectivity index (χ0) is 15.1. The van der Waals surface area contributed by atoms with E-state index < -0.39 is 0 Å². The van der Waals surface area contributed by atoms with Crippen molar-refractivity contribution in [1.29, 1.82) is 0 Å². The van der Waals surface area contributed by atoms with E-state index in [2.05, 4.69) is 49.9 Å². The zero-order valence-corrected chi connectivity index (χ0v) is 13.8. The SMILES string of the molecule is CCN(CC)CCOC(=C1CCCC1)c1ccc(C)cc1. The molecule has 0 aromatic heterocycles. The van der Waals surface area contributed by atoms with Crippen LogP contribution in [0.15, 0.2) is 29.8 Å². The van der Waals surface area contributed by atoms with E-state index in [1.165, 1.54) is 42.4 Å². The average molecular weight is 287 g/mol. The Morgan fingerprint density at radius 3 is 2.24 bits per heavy atom. The van der Waals surface area contributed by atoms with Crippen molar-refractivity contribution >= 4 is 5.76 Å². The van der Waals surface area contributed by atoms with Gasteiger partial charge in [-0.25, -0.2) is 0 Å². The Hall–Kier alpha value is -1.28. The second kappa shape index (κ2) is 8.23. The first kappa shape index (κ1) is 16.1. The first-order chi connectivity index (χ1) is 10.2. The summed E-state index contributed by atoms with van der Waals surface area (Å²) in [7, 11) is 0. The fourth-order valence-electron chi connectivity index (χ4n) is 2.94. The van der Waals surface area contributed by atoms with Gasteiger partial charge >= 0.3 is 0 Å². The summed E-state index contributed by atoms with van der Waals surface area (Å²) in [6.07, 6.45) is 5.02. The number of hydrogen-bond acceptors (Lipinski definition) is 2. The standard InChI is InChI=1S/C19H29NO/c1-4-20(5-2)14-15-21-19(17-8-6-7-9-17)18-12-10-16(3)11-13-18/h10-13H,4-9,14-15H2,1-3H3. The number of hydrogen-bond donors (Lipinski definition) is 0. The number of rotatable bonds is 7. The number of nitrogens with zero attached hydrogens (tertiary/aromatic N) is 1. The van der Waals surface area contributed by atoms with Gasteiger partial charge in [0.05, 0.1) is 0 Å². The first-order valence-corrected chi connectivity index (χ1v) is 8.38. The Bertz CT molecular complexity index is 449. The fourth-order valence-corrected chi connectivity index (χ4v) is 2.94. The maximum atomic E-state index is 6.22. The average Bonchev–Trinajstić information content (AvgIpc) is 3.03. The third-order valence-electron chi connectivity index (χ3n) is 4.39. The highest BCUT2D eigenvalue weighted by molar-refractivity contribution is 5.63. The van der Waals surface area contributed by atoms with E-state index in [1.807, 2.05) is 0 Å². The molecule has 2 nitrogen and oxygen atoms in total. The lowest BCUT2D eigenvalue weighted by Crippen LogP contribution is -2.27. The predicted molar refractivity (Wildman–Crippen MR) is 90.3 cm³/mol. The van der Waals surface area contributed by atoms with E-state index >= 15 is 0 Å². The summed E-state index contributed by atoms with van der Waals surface area (Å²) in [6, 6.07) is 8.76. The minimum Gasteiger partial charge on any atom is -0.492 e. The monoisotopic (exact) mass is 287 g/mol. The molecule has 1 saturated carbocycles. The summed E-state index contributed by atoms with van der Waals surface area (Å²) in [5, 5.41) is 0. The highest BCUT2D eigenvalue weighted by atomic mass is 16.5. The van der Waals surface area contributed by atoms with E-state index in [1.54, 1.807) is 0 Å². The molecule has 0 unspecified atom stereocenters. The van der Waals surface area contributed by atoms with E-state index in [4.69, 9.17) is 4.74 Å². The van der Waals surface area contributed by atoms with Crippen LogP contribution in [0.25, 0.3) is 5.76 Å². The molecule has 1 aromatic rings. The molecular weight excluding hydrogens is 258 g/mol. The van der Waals surface area contributed by atoms with Gasteiger partial charge in [0.1, 0.15) is 12.4 Å². The Morgan fingerprint density at radius 1 is 1.05 bits per heavy atom. The molecule has 0 N–H and O–H groups in total. The van der Waals surface area contributed by atoms with Crippen LogP contribution in [0.1, 0.15) is 50.7 Å². The maximum Gasteiger partial charge on any atom is 0.125 e. The number of allylic oxidation sites excluding steroid dienone is 1. The highest BCUT2D eigenvalue weighted by Gasteiger charge is 2.15. The van der Waals surface area contributed by atoms with Gasteiger partial charge < -0.3 is 9.64 Å². The maximum absolute atomic E-state index is 6.22. The molecule has 116 valence electrons. The van der Waals surface area contributed by atoms with E-state index in [9.17, 15) is 0 Å². The Labute approximate surface area is 129 Å². The minimum atomic E-state index is 0.786. The molecule has 0 saturated heterocycles. The van der Waals surface area contributed by atoms with Crippen molar-refractivity contribution < 1.29 is 4.74 Å². The summed E-state index contributed by atoms with van der Waals surface area (Å²) < 4.78 is 6.22. The molecule has 1 fully saturated rings. The quantitative estimate of drug-likeness (QED) is 0.677. The smallest absolute Gasteiger partial charge is 0.125 e. The van der Waals surface area contributed by atoms with Crippen molar-refractivity contribution in [3.63, 3.8) is 0 Å². The van der Waals surface area contributed by atoms with Gasteiger partial charge in [0.2, 0.25) is 0 Å². The lowest BCUT2D eigenvalue weighted by atomic mass is 10.1. The second-order valence-electron chi connectivity index (χ2n) is 5.88. The topological polar surface area (TPSA) is 12.5 Å². The van der Waals surface area contributed by atoms with Gasteiger partial charge in [0.25, 0.3) is 0 Å². The van der Waals surface area contributed by atoms with Gasteiger partial charge in [-0.2, -0.15) is 0 Å². The van der Waals surface area contributed by atoms with Gasteiger partial charge in [-0.05, 0) is 51.3 Å². The summed E-state index contributed by atoms with van der Waals surface area (Å²) in [6.45, 7) is 10.5. The molecule has 0 aliphatic heterocycles. The molecular formula is C19H29NO. The predicted octanol–water partition coefficient (Wildman–Crippen LogP) is 4.64. The van der Waals surface area contributed by atoms with Crippen LogP contribution in [0.4, 0.5) is 0 Å². The zero-order valence-electron chi connectivity index (χ0n) is 13.8. The van der Waals surface area contributed by atoms with Crippen LogP contribution in [0.5, 0.6) is 0 Å². The Morgan fingerprint density at radius 2 is 1.67 bits per heavy atom. The summed E-state index contributed by atoms with van der Waals surface area (Å²) >= 11 is 0.